The number of rotatable bonds is 9. The van der Waals surface area contributed by atoms with E-state index in [0.717, 1.165) is 31.4 Å². The van der Waals surface area contributed by atoms with Gasteiger partial charge in [-0.2, -0.15) is 0 Å². The summed E-state index contributed by atoms with van der Waals surface area (Å²) < 4.78 is 0. The third-order valence-corrected chi connectivity index (χ3v) is 6.45. The van der Waals surface area contributed by atoms with Gasteiger partial charge in [-0.15, -0.1) is 11.8 Å². The molecule has 5 heteroatoms. The van der Waals surface area contributed by atoms with Crippen molar-refractivity contribution >= 4 is 23.6 Å². The van der Waals surface area contributed by atoms with Crippen LogP contribution in [0.5, 0.6) is 0 Å². The molecule has 2 amide bonds. The molecule has 1 fully saturated rings. The molecular formula is C21H32N2O2S. The molecule has 144 valence electrons. The second-order valence-corrected chi connectivity index (χ2v) is 8.51. The van der Waals surface area contributed by atoms with Crippen LogP contribution in [0.4, 0.5) is 0 Å². The predicted molar refractivity (Wildman–Crippen MR) is 109 cm³/mol. The number of hydrogen-bond acceptors (Lipinski definition) is 3. The third kappa shape index (κ3) is 7.02. The van der Waals surface area contributed by atoms with Crippen LogP contribution >= 0.6 is 11.8 Å². The summed E-state index contributed by atoms with van der Waals surface area (Å²) in [4.78, 5) is 24.6. The SMILES string of the molecule is CC(C)C(SCc1ccccc1)C(=O)NCCNC(=O)C1CCCCC1. The van der Waals surface area contributed by atoms with Crippen LogP contribution in [-0.4, -0.2) is 30.2 Å². The van der Waals surface area contributed by atoms with E-state index in [2.05, 4.69) is 36.6 Å². The van der Waals surface area contributed by atoms with Crippen LogP contribution in [0.3, 0.4) is 0 Å². The minimum atomic E-state index is -0.0794. The number of hydrogen-bond donors (Lipinski definition) is 2. The predicted octanol–water partition coefficient (Wildman–Crippen LogP) is 3.76. The Morgan fingerprint density at radius 3 is 2.35 bits per heavy atom. The van der Waals surface area contributed by atoms with Gasteiger partial charge in [0, 0.05) is 24.8 Å². The van der Waals surface area contributed by atoms with Gasteiger partial charge in [-0.1, -0.05) is 63.4 Å². The quantitative estimate of drug-likeness (QED) is 0.645. The number of nitrogens with one attached hydrogen (secondary N) is 2. The Balaban J connectivity index is 1.69. The molecule has 1 aliphatic rings. The fourth-order valence-corrected chi connectivity index (χ4v) is 4.50. The molecule has 4 nitrogen and oxygen atoms in total. The van der Waals surface area contributed by atoms with Gasteiger partial charge in [-0.05, 0) is 24.3 Å². The standard InChI is InChI=1S/C21H32N2O2S/c1-16(2)19(26-15-17-9-5-3-6-10-17)21(25)23-14-13-22-20(24)18-11-7-4-8-12-18/h3,5-6,9-10,16,18-19H,4,7-8,11-15H2,1-2H3,(H,22,24)(H,23,25). The molecule has 0 saturated heterocycles. The minimum Gasteiger partial charge on any atom is -0.354 e. The van der Waals surface area contributed by atoms with Crippen molar-refractivity contribution < 1.29 is 9.59 Å². The highest BCUT2D eigenvalue weighted by Crippen LogP contribution is 2.24. The molecule has 1 aromatic rings. The summed E-state index contributed by atoms with van der Waals surface area (Å²) >= 11 is 1.68. The average molecular weight is 377 g/mol. The lowest BCUT2D eigenvalue weighted by Gasteiger charge is -2.22. The Kier molecular flexibility index (Phi) is 9.02. The molecule has 1 atom stereocenters. The monoisotopic (exact) mass is 376 g/mol. The second-order valence-electron chi connectivity index (χ2n) is 7.38. The number of carbonyl (C=O) groups is 2. The first-order chi connectivity index (χ1) is 12.6. The number of benzene rings is 1. The van der Waals surface area contributed by atoms with Gasteiger partial charge >= 0.3 is 0 Å². The summed E-state index contributed by atoms with van der Waals surface area (Å²) in [5, 5.41) is 5.88. The first-order valence-electron chi connectivity index (χ1n) is 9.79. The van der Waals surface area contributed by atoms with Gasteiger partial charge in [0.1, 0.15) is 0 Å². The lowest BCUT2D eigenvalue weighted by atomic mass is 9.89. The molecular weight excluding hydrogens is 344 g/mol. The molecule has 0 spiro atoms. The summed E-state index contributed by atoms with van der Waals surface area (Å²) in [7, 11) is 0. The van der Waals surface area contributed by atoms with Crippen molar-refractivity contribution in [3.05, 3.63) is 35.9 Å². The van der Waals surface area contributed by atoms with E-state index in [1.807, 2.05) is 18.2 Å². The van der Waals surface area contributed by atoms with Gasteiger partial charge in [0.05, 0.1) is 5.25 Å². The van der Waals surface area contributed by atoms with E-state index in [-0.39, 0.29) is 28.9 Å². The smallest absolute Gasteiger partial charge is 0.233 e. The van der Waals surface area contributed by atoms with Crippen LogP contribution in [-0.2, 0) is 15.3 Å². The number of thioether (sulfide) groups is 1. The zero-order valence-electron chi connectivity index (χ0n) is 16.0. The molecule has 0 radical (unpaired) electrons. The number of carbonyl (C=O) groups excluding carboxylic acids is 2. The molecule has 0 aromatic heterocycles. The lowest BCUT2D eigenvalue weighted by Crippen LogP contribution is -2.41. The first-order valence-corrected chi connectivity index (χ1v) is 10.8. The normalized spacial score (nSPS) is 16.3. The summed E-state index contributed by atoms with van der Waals surface area (Å²) in [6.07, 6.45) is 5.57. The van der Waals surface area contributed by atoms with Gasteiger partial charge in [0.2, 0.25) is 11.8 Å². The van der Waals surface area contributed by atoms with E-state index in [1.54, 1.807) is 11.8 Å². The summed E-state index contributed by atoms with van der Waals surface area (Å²) in [6.45, 7) is 5.15. The molecule has 1 aliphatic carbocycles. The van der Waals surface area contributed by atoms with E-state index >= 15 is 0 Å². The van der Waals surface area contributed by atoms with E-state index in [0.29, 0.717) is 13.1 Å². The summed E-state index contributed by atoms with van der Waals surface area (Å²) in [6, 6.07) is 10.2. The minimum absolute atomic E-state index is 0.0628. The maximum absolute atomic E-state index is 12.5. The van der Waals surface area contributed by atoms with Crippen LogP contribution in [0.2, 0.25) is 0 Å². The van der Waals surface area contributed by atoms with E-state index < -0.39 is 0 Å². The van der Waals surface area contributed by atoms with E-state index in [9.17, 15) is 9.59 Å². The molecule has 26 heavy (non-hydrogen) atoms. The Morgan fingerprint density at radius 1 is 1.04 bits per heavy atom. The van der Waals surface area contributed by atoms with Crippen molar-refractivity contribution in [1.82, 2.24) is 10.6 Å². The molecule has 0 aliphatic heterocycles. The molecule has 1 saturated carbocycles. The van der Waals surface area contributed by atoms with Crippen molar-refractivity contribution in [1.29, 1.82) is 0 Å². The maximum atomic E-state index is 12.5. The topological polar surface area (TPSA) is 58.2 Å². The Labute approximate surface area is 161 Å². The van der Waals surface area contributed by atoms with Crippen LogP contribution in [0.25, 0.3) is 0 Å². The number of amides is 2. The molecule has 2 N–H and O–H groups in total. The van der Waals surface area contributed by atoms with Gasteiger partial charge < -0.3 is 10.6 Å². The van der Waals surface area contributed by atoms with Crippen LogP contribution in [0, 0.1) is 11.8 Å². The highest BCUT2D eigenvalue weighted by Gasteiger charge is 2.23. The third-order valence-electron chi connectivity index (χ3n) is 4.84. The van der Waals surface area contributed by atoms with Crippen molar-refractivity contribution in [2.75, 3.05) is 13.1 Å². The largest absolute Gasteiger partial charge is 0.354 e. The van der Waals surface area contributed by atoms with Gasteiger partial charge in [0.25, 0.3) is 0 Å². The maximum Gasteiger partial charge on any atom is 0.233 e. The highest BCUT2D eigenvalue weighted by atomic mass is 32.2. The van der Waals surface area contributed by atoms with Gasteiger partial charge in [-0.25, -0.2) is 0 Å². The zero-order chi connectivity index (χ0) is 18.8. The van der Waals surface area contributed by atoms with Gasteiger partial charge in [-0.3, -0.25) is 9.59 Å². The molecule has 1 aromatic carbocycles. The summed E-state index contributed by atoms with van der Waals surface area (Å²) in [5.41, 5.74) is 1.23. The van der Waals surface area contributed by atoms with Crippen molar-refractivity contribution in [3.8, 4) is 0 Å². The van der Waals surface area contributed by atoms with Crippen LogP contribution in [0.15, 0.2) is 30.3 Å². The second kappa shape index (κ2) is 11.3. The van der Waals surface area contributed by atoms with Crippen molar-refractivity contribution in [2.45, 2.75) is 57.0 Å². The highest BCUT2D eigenvalue weighted by molar-refractivity contribution is 7.99. The van der Waals surface area contributed by atoms with Gasteiger partial charge in [0.15, 0.2) is 0 Å². The van der Waals surface area contributed by atoms with Crippen molar-refractivity contribution in [3.63, 3.8) is 0 Å². The average Bonchev–Trinajstić information content (AvgIpc) is 2.66. The molecule has 0 bridgehead atoms. The molecule has 1 unspecified atom stereocenters. The molecule has 2 rings (SSSR count). The van der Waals surface area contributed by atoms with Crippen molar-refractivity contribution in [2.24, 2.45) is 11.8 Å². The van der Waals surface area contributed by atoms with E-state index in [4.69, 9.17) is 0 Å². The fraction of sp³-hybridized carbons (Fsp3) is 0.619. The Hall–Kier alpha value is -1.49. The first kappa shape index (κ1) is 20.8. The Bertz CT molecular complexity index is 556. The van der Waals surface area contributed by atoms with E-state index in [1.165, 1.54) is 12.0 Å². The summed E-state index contributed by atoms with van der Waals surface area (Å²) in [5.74, 6) is 1.48. The lowest BCUT2D eigenvalue weighted by molar-refractivity contribution is -0.126. The fourth-order valence-electron chi connectivity index (χ4n) is 3.31. The molecule has 0 heterocycles. The Morgan fingerprint density at radius 2 is 1.69 bits per heavy atom. The van der Waals surface area contributed by atoms with Crippen LogP contribution < -0.4 is 10.6 Å². The zero-order valence-corrected chi connectivity index (χ0v) is 16.8. The van der Waals surface area contributed by atoms with Crippen LogP contribution in [0.1, 0.15) is 51.5 Å².